The van der Waals surface area contributed by atoms with Gasteiger partial charge in [0.25, 0.3) is 0 Å². The molecule has 0 saturated heterocycles. The monoisotopic (exact) mass is 458 g/mol. The fourth-order valence-corrected chi connectivity index (χ4v) is 4.84. The number of nitrogens with zero attached hydrogens (tertiary/aromatic N) is 2. The highest BCUT2D eigenvalue weighted by molar-refractivity contribution is 5.96. The van der Waals surface area contributed by atoms with E-state index in [1.54, 1.807) is 4.90 Å². The third-order valence-corrected chi connectivity index (χ3v) is 7.36. The maximum Gasteiger partial charge on any atom is 0.234 e. The SMILES string of the molecule is CCOC[C@H](CC(=O)[C@@H]1CCC[C@H](C(=O)N(c2ccc(C(C)C)cn2)C2CC2)[C@@H]1O)C(C)C. The van der Waals surface area contributed by atoms with E-state index in [1.807, 2.05) is 25.3 Å². The molecule has 0 bridgehead atoms. The van der Waals surface area contributed by atoms with Crippen molar-refractivity contribution in [3.8, 4) is 0 Å². The van der Waals surface area contributed by atoms with Gasteiger partial charge in [-0.3, -0.25) is 14.5 Å². The molecule has 33 heavy (non-hydrogen) atoms. The number of aromatic nitrogens is 1. The third kappa shape index (κ3) is 6.42. The number of ether oxygens (including phenoxy) is 1. The molecule has 0 radical (unpaired) electrons. The van der Waals surface area contributed by atoms with Crippen molar-refractivity contribution >= 4 is 17.5 Å². The molecule has 2 saturated carbocycles. The second-order valence-electron chi connectivity index (χ2n) is 10.5. The summed E-state index contributed by atoms with van der Waals surface area (Å²) < 4.78 is 5.59. The molecule has 0 aromatic carbocycles. The largest absolute Gasteiger partial charge is 0.392 e. The van der Waals surface area contributed by atoms with E-state index in [-0.39, 0.29) is 23.7 Å². The minimum atomic E-state index is -0.935. The number of anilines is 1. The zero-order valence-corrected chi connectivity index (χ0v) is 21.0. The lowest BCUT2D eigenvalue weighted by molar-refractivity contribution is -0.137. The molecule has 6 heteroatoms. The second kappa shape index (κ2) is 11.6. The maximum absolute atomic E-state index is 13.6. The number of carbonyl (C=O) groups excluding carboxylic acids is 2. The zero-order chi connectivity index (χ0) is 24.1. The van der Waals surface area contributed by atoms with E-state index in [1.165, 1.54) is 0 Å². The van der Waals surface area contributed by atoms with E-state index in [4.69, 9.17) is 4.74 Å². The van der Waals surface area contributed by atoms with Crippen LogP contribution in [0.15, 0.2) is 18.3 Å². The first kappa shape index (κ1) is 25.8. The van der Waals surface area contributed by atoms with Crippen molar-refractivity contribution in [2.45, 2.75) is 91.2 Å². The van der Waals surface area contributed by atoms with Crippen LogP contribution < -0.4 is 4.90 Å². The number of aliphatic hydroxyl groups is 1. The predicted octanol–water partition coefficient (Wildman–Crippen LogP) is 4.75. The average molecular weight is 459 g/mol. The minimum absolute atomic E-state index is 0.0655. The minimum Gasteiger partial charge on any atom is -0.392 e. The van der Waals surface area contributed by atoms with Crippen LogP contribution in [0.4, 0.5) is 5.82 Å². The molecule has 1 aromatic rings. The molecular weight excluding hydrogens is 416 g/mol. The standard InChI is InChI=1S/C27H42N2O4/c1-6-33-16-20(18(4)5)14-24(30)22-8-7-9-23(26(22)31)27(32)29(21-11-12-21)25-13-10-19(15-28-25)17(2)3/h10,13,15,17-18,20-23,26,31H,6-9,11-12,14,16H2,1-5H3/t20-,22-,23-,26+/m0/s1. The first-order valence-corrected chi connectivity index (χ1v) is 12.8. The van der Waals surface area contributed by atoms with Crippen LogP contribution in [0.1, 0.15) is 84.6 Å². The van der Waals surface area contributed by atoms with Gasteiger partial charge in [0.05, 0.1) is 18.6 Å². The molecule has 0 aliphatic heterocycles. The van der Waals surface area contributed by atoms with Gasteiger partial charge in [0.2, 0.25) is 5.91 Å². The van der Waals surface area contributed by atoms with Crippen molar-refractivity contribution in [2.24, 2.45) is 23.7 Å². The van der Waals surface area contributed by atoms with Gasteiger partial charge in [-0.05, 0) is 62.0 Å². The zero-order valence-electron chi connectivity index (χ0n) is 21.0. The Morgan fingerprint density at radius 3 is 2.36 bits per heavy atom. The van der Waals surface area contributed by atoms with E-state index < -0.39 is 17.9 Å². The van der Waals surface area contributed by atoms with E-state index in [9.17, 15) is 14.7 Å². The Kier molecular flexibility index (Phi) is 9.05. The third-order valence-electron chi connectivity index (χ3n) is 7.36. The summed E-state index contributed by atoms with van der Waals surface area (Å²) in [6.45, 7) is 11.6. The van der Waals surface area contributed by atoms with Crippen LogP contribution in [-0.4, -0.2) is 47.1 Å². The van der Waals surface area contributed by atoms with Crippen LogP contribution in [0.2, 0.25) is 0 Å². The fraction of sp³-hybridized carbons (Fsp3) is 0.741. The van der Waals surface area contributed by atoms with Crippen LogP contribution >= 0.6 is 0 Å². The second-order valence-corrected chi connectivity index (χ2v) is 10.5. The number of carbonyl (C=O) groups is 2. The van der Waals surface area contributed by atoms with Crippen molar-refractivity contribution < 1.29 is 19.4 Å². The van der Waals surface area contributed by atoms with E-state index in [2.05, 4.69) is 32.7 Å². The lowest BCUT2D eigenvalue weighted by atomic mass is 9.74. The Morgan fingerprint density at radius 1 is 1.12 bits per heavy atom. The topological polar surface area (TPSA) is 79.7 Å². The van der Waals surface area contributed by atoms with Gasteiger partial charge in [-0.25, -0.2) is 4.98 Å². The van der Waals surface area contributed by atoms with Crippen LogP contribution in [-0.2, 0) is 14.3 Å². The number of amides is 1. The summed E-state index contributed by atoms with van der Waals surface area (Å²) in [6, 6.07) is 4.10. The van der Waals surface area contributed by atoms with Crippen molar-refractivity contribution in [2.75, 3.05) is 18.1 Å². The van der Waals surface area contributed by atoms with Gasteiger partial charge in [-0.1, -0.05) is 40.2 Å². The number of hydrogen-bond acceptors (Lipinski definition) is 5. The number of pyridine rings is 1. The molecule has 3 rings (SSSR count). The Labute approximate surface area is 199 Å². The molecule has 1 heterocycles. The summed E-state index contributed by atoms with van der Waals surface area (Å²) in [7, 11) is 0. The maximum atomic E-state index is 13.6. The van der Waals surface area contributed by atoms with Crippen molar-refractivity contribution in [1.82, 2.24) is 4.98 Å². The number of aliphatic hydroxyl groups excluding tert-OH is 1. The first-order chi connectivity index (χ1) is 15.7. The van der Waals surface area contributed by atoms with Gasteiger partial charge < -0.3 is 9.84 Å². The van der Waals surface area contributed by atoms with E-state index in [0.717, 1.165) is 24.8 Å². The van der Waals surface area contributed by atoms with Gasteiger partial charge in [-0.2, -0.15) is 0 Å². The Morgan fingerprint density at radius 2 is 1.82 bits per heavy atom. The molecule has 2 aliphatic carbocycles. The summed E-state index contributed by atoms with van der Waals surface area (Å²) in [5.74, 6) is 0.441. The number of hydrogen-bond donors (Lipinski definition) is 1. The highest BCUT2D eigenvalue weighted by atomic mass is 16.5. The molecule has 1 N–H and O–H groups in total. The molecule has 2 aliphatic rings. The van der Waals surface area contributed by atoms with Gasteiger partial charge >= 0.3 is 0 Å². The van der Waals surface area contributed by atoms with Crippen molar-refractivity contribution in [3.63, 3.8) is 0 Å². The van der Waals surface area contributed by atoms with Gasteiger partial charge in [0.1, 0.15) is 11.6 Å². The van der Waals surface area contributed by atoms with Crippen molar-refractivity contribution in [1.29, 1.82) is 0 Å². The summed E-state index contributed by atoms with van der Waals surface area (Å²) in [4.78, 5) is 33.2. The molecule has 2 fully saturated rings. The Balaban J connectivity index is 1.72. The van der Waals surface area contributed by atoms with Crippen LogP contribution in [0.5, 0.6) is 0 Å². The molecule has 0 unspecified atom stereocenters. The molecule has 184 valence electrons. The Bertz CT molecular complexity index is 788. The van der Waals surface area contributed by atoms with E-state index in [0.29, 0.717) is 50.1 Å². The average Bonchev–Trinajstić information content (AvgIpc) is 3.62. The summed E-state index contributed by atoms with van der Waals surface area (Å²) >= 11 is 0. The van der Waals surface area contributed by atoms with Gasteiger partial charge in [0.15, 0.2) is 0 Å². The first-order valence-electron chi connectivity index (χ1n) is 12.8. The predicted molar refractivity (Wildman–Crippen MR) is 130 cm³/mol. The molecule has 1 amide bonds. The highest BCUT2D eigenvalue weighted by Gasteiger charge is 2.45. The molecular formula is C27H42N2O4. The van der Waals surface area contributed by atoms with E-state index >= 15 is 0 Å². The lowest BCUT2D eigenvalue weighted by Gasteiger charge is -2.36. The smallest absolute Gasteiger partial charge is 0.234 e. The van der Waals surface area contributed by atoms with Gasteiger partial charge in [0, 0.05) is 31.2 Å². The fourth-order valence-electron chi connectivity index (χ4n) is 4.84. The molecule has 6 nitrogen and oxygen atoms in total. The molecule has 1 aromatic heterocycles. The lowest BCUT2D eigenvalue weighted by Crippen LogP contribution is -2.48. The van der Waals surface area contributed by atoms with Crippen molar-refractivity contribution in [3.05, 3.63) is 23.9 Å². The molecule has 0 spiro atoms. The quantitative estimate of drug-likeness (QED) is 0.518. The number of rotatable bonds is 11. The van der Waals surface area contributed by atoms with Crippen LogP contribution in [0.25, 0.3) is 0 Å². The highest BCUT2D eigenvalue weighted by Crippen LogP contribution is 2.38. The van der Waals surface area contributed by atoms with Gasteiger partial charge in [-0.15, -0.1) is 0 Å². The van der Waals surface area contributed by atoms with Crippen LogP contribution in [0.3, 0.4) is 0 Å². The summed E-state index contributed by atoms with van der Waals surface area (Å²) in [6.07, 6.45) is 5.25. The Hall–Kier alpha value is -1.79. The van der Waals surface area contributed by atoms with Crippen LogP contribution in [0, 0.1) is 23.7 Å². The summed E-state index contributed by atoms with van der Waals surface area (Å²) in [5, 5.41) is 11.2. The number of Topliss-reactive ketones (excluding diaryl/α,β-unsaturated/α-hetero) is 1. The summed E-state index contributed by atoms with van der Waals surface area (Å²) in [5.41, 5.74) is 1.14. The normalized spacial score (nSPS) is 24.2. The molecule has 4 atom stereocenters. The number of ketones is 1.